The van der Waals surface area contributed by atoms with Gasteiger partial charge in [-0.25, -0.2) is 0 Å². The molecule has 1 N–H and O–H groups in total. The first-order valence-electron chi connectivity index (χ1n) is 8.99. The summed E-state index contributed by atoms with van der Waals surface area (Å²) < 4.78 is 3.02. The molecule has 2 heterocycles. The number of para-hydroxylation sites is 1. The summed E-state index contributed by atoms with van der Waals surface area (Å²) in [5.74, 6) is -0.333. The van der Waals surface area contributed by atoms with Gasteiger partial charge >= 0.3 is 0 Å². The van der Waals surface area contributed by atoms with Crippen LogP contribution in [0.5, 0.6) is 0 Å². The minimum absolute atomic E-state index is 0.162. The quantitative estimate of drug-likeness (QED) is 0.582. The number of rotatable bonds is 5. The van der Waals surface area contributed by atoms with Crippen LogP contribution in [0.25, 0.3) is 16.5 Å². The van der Waals surface area contributed by atoms with Crippen molar-refractivity contribution in [2.75, 3.05) is 0 Å². The first kappa shape index (κ1) is 17.7. The van der Waals surface area contributed by atoms with Gasteiger partial charge in [0.1, 0.15) is 0 Å². The summed E-state index contributed by atoms with van der Waals surface area (Å²) in [5, 5.41) is 12.5. The molecular weight excluding hydrogens is 354 g/mol. The van der Waals surface area contributed by atoms with Crippen molar-refractivity contribution >= 4 is 16.7 Å². The number of carbonyl (C=O) groups excluding carboxylic acids is 1. The first-order chi connectivity index (χ1) is 13.6. The summed E-state index contributed by atoms with van der Waals surface area (Å²) in [6.45, 7) is 2.43. The summed E-state index contributed by atoms with van der Waals surface area (Å²) in [6, 6.07) is 17.8. The molecule has 0 spiro atoms. The average Bonchev–Trinajstić information content (AvgIpc) is 3.22. The Bertz CT molecular complexity index is 1170. The van der Waals surface area contributed by atoms with Crippen LogP contribution >= 0.6 is 0 Å². The lowest BCUT2D eigenvalue weighted by Crippen LogP contribution is -2.37. The maximum atomic E-state index is 13.0. The fourth-order valence-corrected chi connectivity index (χ4v) is 3.13. The molecule has 2 aromatic carbocycles. The first-order valence-corrected chi connectivity index (χ1v) is 8.99. The number of hydrogen-bond donors (Lipinski definition) is 1. The molecule has 0 aliphatic rings. The van der Waals surface area contributed by atoms with Crippen molar-refractivity contribution in [3.05, 3.63) is 89.1 Å². The van der Waals surface area contributed by atoms with E-state index in [2.05, 4.69) is 15.5 Å². The molecular formula is C21H19N5O2. The fraction of sp³-hybridized carbons (Fsp3) is 0.143. The van der Waals surface area contributed by atoms with E-state index in [1.165, 1.54) is 4.68 Å². The number of aromatic nitrogens is 4. The van der Waals surface area contributed by atoms with Gasteiger partial charge in [-0.1, -0.05) is 36.4 Å². The van der Waals surface area contributed by atoms with Crippen LogP contribution in [0.15, 0.2) is 77.9 Å². The van der Waals surface area contributed by atoms with Crippen molar-refractivity contribution in [1.82, 2.24) is 24.9 Å². The molecule has 0 saturated heterocycles. The third-order valence-corrected chi connectivity index (χ3v) is 4.42. The van der Waals surface area contributed by atoms with Crippen LogP contribution in [0.4, 0.5) is 0 Å². The molecule has 0 bridgehead atoms. The highest BCUT2D eigenvalue weighted by molar-refractivity contribution is 6.04. The molecule has 0 saturated carbocycles. The number of benzene rings is 2. The largest absolute Gasteiger partial charge is 0.346 e. The topological polar surface area (TPSA) is 81.8 Å². The number of carbonyl (C=O) groups is 1. The molecule has 28 heavy (non-hydrogen) atoms. The summed E-state index contributed by atoms with van der Waals surface area (Å²) in [5.41, 5.74) is 0.561. The lowest BCUT2D eigenvalue weighted by atomic mass is 10.1. The van der Waals surface area contributed by atoms with Crippen molar-refractivity contribution in [2.24, 2.45) is 0 Å². The van der Waals surface area contributed by atoms with Gasteiger partial charge in [-0.3, -0.25) is 14.3 Å². The zero-order valence-electron chi connectivity index (χ0n) is 15.3. The van der Waals surface area contributed by atoms with Gasteiger partial charge in [-0.05, 0) is 31.2 Å². The Morgan fingerprint density at radius 3 is 2.46 bits per heavy atom. The summed E-state index contributed by atoms with van der Waals surface area (Å²) in [4.78, 5) is 25.9. The Kier molecular flexibility index (Phi) is 4.72. The minimum atomic E-state index is -0.333. The van der Waals surface area contributed by atoms with Gasteiger partial charge in [0.05, 0.1) is 17.6 Å². The standard InChI is InChI=1S/C21H19N5O2/c1-15(14-25-13-7-12-22-25)23-20(27)19-17-10-5-6-11-18(17)21(28)26(24-19)16-8-3-2-4-9-16/h2-13,15H,14H2,1H3,(H,23,27)/t15-/m1/s1. The van der Waals surface area contributed by atoms with Gasteiger partial charge < -0.3 is 5.32 Å². The number of nitrogens with one attached hydrogen (secondary N) is 1. The molecule has 0 unspecified atom stereocenters. The summed E-state index contributed by atoms with van der Waals surface area (Å²) >= 11 is 0. The summed E-state index contributed by atoms with van der Waals surface area (Å²) in [7, 11) is 0. The third kappa shape index (κ3) is 3.42. The van der Waals surface area contributed by atoms with E-state index >= 15 is 0 Å². The van der Waals surface area contributed by atoms with E-state index in [0.29, 0.717) is 23.0 Å². The van der Waals surface area contributed by atoms with Gasteiger partial charge in [-0.2, -0.15) is 14.9 Å². The molecule has 7 nitrogen and oxygen atoms in total. The van der Waals surface area contributed by atoms with Gasteiger partial charge in [-0.15, -0.1) is 0 Å². The third-order valence-electron chi connectivity index (χ3n) is 4.42. The lowest BCUT2D eigenvalue weighted by Gasteiger charge is -2.15. The highest BCUT2D eigenvalue weighted by Gasteiger charge is 2.19. The normalized spacial score (nSPS) is 12.0. The van der Waals surface area contributed by atoms with Crippen LogP contribution in [0, 0.1) is 0 Å². The van der Waals surface area contributed by atoms with E-state index in [9.17, 15) is 9.59 Å². The lowest BCUT2D eigenvalue weighted by molar-refractivity contribution is 0.0931. The zero-order valence-corrected chi connectivity index (χ0v) is 15.3. The molecule has 0 aliphatic carbocycles. The van der Waals surface area contributed by atoms with E-state index in [0.717, 1.165) is 0 Å². The van der Waals surface area contributed by atoms with Crippen LogP contribution in [-0.2, 0) is 6.54 Å². The van der Waals surface area contributed by atoms with Crippen LogP contribution in [0.3, 0.4) is 0 Å². The van der Waals surface area contributed by atoms with Gasteiger partial charge in [0.2, 0.25) is 0 Å². The highest BCUT2D eigenvalue weighted by Crippen LogP contribution is 2.15. The fourth-order valence-electron chi connectivity index (χ4n) is 3.13. The van der Waals surface area contributed by atoms with Crippen LogP contribution in [0.2, 0.25) is 0 Å². The molecule has 4 rings (SSSR count). The smallest absolute Gasteiger partial charge is 0.279 e. The van der Waals surface area contributed by atoms with Crippen molar-refractivity contribution in [2.45, 2.75) is 19.5 Å². The maximum absolute atomic E-state index is 13.0. The number of nitrogens with zero attached hydrogens (tertiary/aromatic N) is 4. The predicted octanol–water partition coefficient (Wildman–Crippen LogP) is 2.40. The molecule has 0 aliphatic heterocycles. The number of hydrogen-bond acceptors (Lipinski definition) is 4. The molecule has 1 atom stereocenters. The number of amides is 1. The van der Waals surface area contributed by atoms with Crippen LogP contribution < -0.4 is 10.9 Å². The predicted molar refractivity (Wildman–Crippen MR) is 106 cm³/mol. The Morgan fingerprint density at radius 2 is 1.75 bits per heavy atom. The second kappa shape index (κ2) is 7.48. The average molecular weight is 373 g/mol. The molecule has 7 heteroatoms. The zero-order chi connectivity index (χ0) is 19.5. The number of fused-ring (bicyclic) bond motifs is 1. The van der Waals surface area contributed by atoms with E-state index in [1.54, 1.807) is 47.3 Å². The molecule has 2 aromatic heterocycles. The second-order valence-electron chi connectivity index (χ2n) is 6.55. The molecule has 0 fully saturated rings. The Labute approximate surface area is 161 Å². The van der Waals surface area contributed by atoms with Gasteiger partial charge in [0, 0.05) is 23.8 Å². The van der Waals surface area contributed by atoms with E-state index < -0.39 is 0 Å². The van der Waals surface area contributed by atoms with Crippen molar-refractivity contribution in [1.29, 1.82) is 0 Å². The monoisotopic (exact) mass is 373 g/mol. The van der Waals surface area contributed by atoms with Crippen LogP contribution in [-0.4, -0.2) is 31.5 Å². The SMILES string of the molecule is C[C@H](Cn1cccn1)NC(=O)c1nn(-c2ccccc2)c(=O)c2ccccc12. The molecule has 140 valence electrons. The Morgan fingerprint density at radius 1 is 1.04 bits per heavy atom. The van der Waals surface area contributed by atoms with Crippen molar-refractivity contribution in [3.63, 3.8) is 0 Å². The van der Waals surface area contributed by atoms with Crippen LogP contribution in [0.1, 0.15) is 17.4 Å². The summed E-state index contributed by atoms with van der Waals surface area (Å²) in [6.07, 6.45) is 3.53. The van der Waals surface area contributed by atoms with E-state index in [4.69, 9.17) is 0 Å². The van der Waals surface area contributed by atoms with Crippen molar-refractivity contribution < 1.29 is 4.79 Å². The van der Waals surface area contributed by atoms with E-state index in [-0.39, 0.29) is 23.2 Å². The van der Waals surface area contributed by atoms with E-state index in [1.807, 2.05) is 37.4 Å². The molecule has 4 aromatic rings. The molecule has 1 amide bonds. The minimum Gasteiger partial charge on any atom is -0.346 e. The second-order valence-corrected chi connectivity index (χ2v) is 6.55. The maximum Gasteiger partial charge on any atom is 0.279 e. The molecule has 0 radical (unpaired) electrons. The Balaban J connectivity index is 1.74. The Hall–Kier alpha value is -3.74. The van der Waals surface area contributed by atoms with Crippen molar-refractivity contribution in [3.8, 4) is 5.69 Å². The van der Waals surface area contributed by atoms with Gasteiger partial charge in [0.25, 0.3) is 11.5 Å². The highest BCUT2D eigenvalue weighted by atomic mass is 16.2. The van der Waals surface area contributed by atoms with Gasteiger partial charge in [0.15, 0.2) is 5.69 Å².